The van der Waals surface area contributed by atoms with E-state index in [1.807, 2.05) is 0 Å². The number of rotatable bonds is 6. The van der Waals surface area contributed by atoms with Crippen molar-refractivity contribution in [3.8, 4) is 0 Å². The van der Waals surface area contributed by atoms with Gasteiger partial charge in [0.15, 0.2) is 17.3 Å². The molecule has 2 aliphatic rings. The zero-order chi connectivity index (χ0) is 25.6. The second-order valence-corrected chi connectivity index (χ2v) is 11.3. The van der Waals surface area contributed by atoms with Crippen molar-refractivity contribution in [1.29, 1.82) is 0 Å². The lowest BCUT2D eigenvalue weighted by atomic mass is 9.93. The molecule has 5 rings (SSSR count). The molecule has 0 radical (unpaired) electrons. The van der Waals surface area contributed by atoms with Crippen molar-refractivity contribution in [1.82, 2.24) is 23.8 Å². The van der Waals surface area contributed by atoms with E-state index in [0.717, 1.165) is 19.1 Å². The molecule has 1 saturated carbocycles. The maximum absolute atomic E-state index is 14.4. The van der Waals surface area contributed by atoms with Gasteiger partial charge in [0.2, 0.25) is 21.9 Å². The molecule has 2 fully saturated rings. The van der Waals surface area contributed by atoms with Gasteiger partial charge in [-0.05, 0) is 32.1 Å². The Kier molecular flexibility index (Phi) is 7.62. The van der Waals surface area contributed by atoms with Crippen LogP contribution in [0.2, 0.25) is 0 Å². The monoisotopic (exact) mass is 541 g/mol. The normalized spacial score (nSPS) is 22.7. The fraction of sp³-hybridized carbons (Fsp3) is 0.522. The summed E-state index contributed by atoms with van der Waals surface area (Å²) >= 11 is 0. The quantitative estimate of drug-likeness (QED) is 0.433. The van der Waals surface area contributed by atoms with Gasteiger partial charge in [-0.2, -0.15) is 4.98 Å². The number of hydrogen-bond acceptors (Lipinski definition) is 8. The highest BCUT2D eigenvalue weighted by atomic mass is 32.2. The summed E-state index contributed by atoms with van der Waals surface area (Å²) in [6.45, 7) is 0.392. The molecule has 1 saturated heterocycles. The Morgan fingerprint density at radius 1 is 1.05 bits per heavy atom. The molecule has 10 nitrogen and oxygen atoms in total. The molecule has 3 N–H and O–H groups in total. The number of anilines is 3. The number of imidazole rings is 1. The van der Waals surface area contributed by atoms with Crippen molar-refractivity contribution in [2.75, 3.05) is 30.0 Å². The first-order valence-electron chi connectivity index (χ1n) is 11.6. The van der Waals surface area contributed by atoms with Gasteiger partial charge in [0, 0.05) is 31.3 Å². The number of aliphatic hydroxyl groups is 1. The van der Waals surface area contributed by atoms with Gasteiger partial charge < -0.3 is 15.7 Å². The average molecular weight is 542 g/mol. The summed E-state index contributed by atoms with van der Waals surface area (Å²) < 4.78 is 69.4. The second-order valence-electron chi connectivity index (χ2n) is 9.29. The summed E-state index contributed by atoms with van der Waals surface area (Å²) in [5.74, 6) is -2.97. The zero-order valence-corrected chi connectivity index (χ0v) is 20.3. The van der Waals surface area contributed by atoms with Crippen molar-refractivity contribution in [3.05, 3.63) is 35.8 Å². The Labute approximate surface area is 213 Å². The average Bonchev–Trinajstić information content (AvgIpc) is 3.42. The predicted molar refractivity (Wildman–Crippen MR) is 134 cm³/mol. The van der Waals surface area contributed by atoms with Crippen LogP contribution < -0.4 is 10.6 Å². The molecule has 2 aromatic heterocycles. The number of aromatic nitrogens is 4. The molecule has 0 bridgehead atoms. The minimum atomic E-state index is -3.45. The number of aliphatic hydroxyl groups excluding tert-OH is 1. The fourth-order valence-electron chi connectivity index (χ4n) is 4.79. The topological polar surface area (TPSA) is 125 Å². The number of nitrogens with one attached hydrogen (secondary N) is 2. The van der Waals surface area contributed by atoms with Crippen LogP contribution >= 0.6 is 0 Å². The smallest absolute Gasteiger partial charge is 0.224 e. The highest BCUT2D eigenvalue weighted by Gasteiger charge is 2.33. The first-order chi connectivity index (χ1) is 17.1. The van der Waals surface area contributed by atoms with Crippen LogP contribution in [0.5, 0.6) is 0 Å². The van der Waals surface area contributed by atoms with Gasteiger partial charge in [0.05, 0.1) is 24.6 Å². The second kappa shape index (κ2) is 10.4. The predicted octanol–water partition coefficient (Wildman–Crippen LogP) is 3.55. The molecule has 14 heteroatoms. The van der Waals surface area contributed by atoms with Crippen LogP contribution in [0, 0.1) is 17.5 Å². The van der Waals surface area contributed by atoms with Gasteiger partial charge in [-0.1, -0.05) is 7.43 Å². The molecule has 0 unspecified atom stereocenters. The van der Waals surface area contributed by atoms with E-state index in [1.54, 1.807) is 4.57 Å². The largest absolute Gasteiger partial charge is 0.393 e. The van der Waals surface area contributed by atoms with Gasteiger partial charge in [0.1, 0.15) is 17.0 Å². The molecule has 202 valence electrons. The fourth-order valence-corrected chi connectivity index (χ4v) is 5.67. The van der Waals surface area contributed by atoms with Crippen LogP contribution in [-0.4, -0.2) is 68.8 Å². The van der Waals surface area contributed by atoms with E-state index in [9.17, 15) is 26.7 Å². The van der Waals surface area contributed by atoms with Crippen molar-refractivity contribution in [2.45, 2.75) is 57.7 Å². The van der Waals surface area contributed by atoms with E-state index in [0.29, 0.717) is 48.5 Å². The van der Waals surface area contributed by atoms with E-state index >= 15 is 0 Å². The van der Waals surface area contributed by atoms with Crippen molar-refractivity contribution < 1.29 is 26.7 Å². The Morgan fingerprint density at radius 3 is 2.35 bits per heavy atom. The molecule has 0 spiro atoms. The third-order valence-electron chi connectivity index (χ3n) is 6.67. The van der Waals surface area contributed by atoms with E-state index in [-0.39, 0.29) is 38.6 Å². The lowest BCUT2D eigenvalue weighted by Gasteiger charge is -2.26. The van der Waals surface area contributed by atoms with Crippen molar-refractivity contribution in [2.24, 2.45) is 0 Å². The number of sulfonamides is 1. The van der Waals surface area contributed by atoms with Gasteiger partial charge in [-0.25, -0.2) is 35.9 Å². The van der Waals surface area contributed by atoms with E-state index in [2.05, 4.69) is 25.6 Å². The highest BCUT2D eigenvalue weighted by Crippen LogP contribution is 2.33. The standard InChI is InChI=1S/C22H26F3N7O3S.CH4/c1-36(34,35)31-7-6-14(11-31)32-20-18(10-26-21(30-20)27-13-2-4-15(33)5-3-13)28-22(32)29-19-16(24)8-12(23)9-17(19)25;/h8-10,13-15,33H,2-7,11H2,1H3,(H,28,29)(H,26,27,30);1H4/t13?,14-,15?;/m1./s1. The molecular weight excluding hydrogens is 511 g/mol. The van der Waals surface area contributed by atoms with Crippen molar-refractivity contribution in [3.63, 3.8) is 0 Å². The number of fused-ring (bicyclic) bond motifs is 1. The summed E-state index contributed by atoms with van der Waals surface area (Å²) in [6.07, 6.45) is 5.56. The summed E-state index contributed by atoms with van der Waals surface area (Å²) in [7, 11) is -3.45. The molecule has 1 aromatic carbocycles. The van der Waals surface area contributed by atoms with Crippen LogP contribution in [0.4, 0.5) is 30.8 Å². The van der Waals surface area contributed by atoms with Gasteiger partial charge in [-0.3, -0.25) is 4.57 Å². The lowest BCUT2D eigenvalue weighted by Crippen LogP contribution is -2.29. The number of nitrogens with zero attached hydrogens (tertiary/aromatic N) is 5. The van der Waals surface area contributed by atoms with Crippen LogP contribution in [-0.2, 0) is 10.0 Å². The Bertz CT molecular complexity index is 1370. The minimum absolute atomic E-state index is 0. The molecule has 1 aliphatic heterocycles. The van der Waals surface area contributed by atoms with E-state index in [1.165, 1.54) is 10.5 Å². The Hall–Kier alpha value is -2.97. The van der Waals surface area contributed by atoms with Crippen molar-refractivity contribution >= 4 is 38.8 Å². The SMILES string of the molecule is C.CS(=O)(=O)N1CC[C@@H](n2c(Nc3c(F)cc(F)cc3F)nc3cnc(NC4CCC(O)CC4)nc32)C1. The minimum Gasteiger partial charge on any atom is -0.393 e. The first kappa shape index (κ1) is 27.1. The number of halogens is 3. The molecule has 1 aliphatic carbocycles. The summed E-state index contributed by atoms with van der Waals surface area (Å²) in [6, 6.07) is 0.769. The van der Waals surface area contributed by atoms with Crippen LogP contribution in [0.25, 0.3) is 11.2 Å². The third-order valence-corrected chi connectivity index (χ3v) is 7.94. The number of benzene rings is 1. The molecule has 1 atom stereocenters. The van der Waals surface area contributed by atoms with Crippen LogP contribution in [0.15, 0.2) is 18.3 Å². The highest BCUT2D eigenvalue weighted by molar-refractivity contribution is 7.88. The van der Waals surface area contributed by atoms with E-state index < -0.39 is 39.2 Å². The Balaban J connectivity index is 0.00000320. The van der Waals surface area contributed by atoms with Crippen LogP contribution in [0.3, 0.4) is 0 Å². The van der Waals surface area contributed by atoms with Gasteiger partial charge in [0.25, 0.3) is 0 Å². The number of hydrogen-bond donors (Lipinski definition) is 3. The van der Waals surface area contributed by atoms with Gasteiger partial charge in [-0.15, -0.1) is 0 Å². The summed E-state index contributed by atoms with van der Waals surface area (Å²) in [5.41, 5.74) is 0.106. The summed E-state index contributed by atoms with van der Waals surface area (Å²) in [5, 5.41) is 15.6. The lowest BCUT2D eigenvalue weighted by molar-refractivity contribution is 0.126. The molecule has 3 heterocycles. The molecule has 37 heavy (non-hydrogen) atoms. The van der Waals surface area contributed by atoms with Gasteiger partial charge >= 0.3 is 0 Å². The maximum atomic E-state index is 14.4. The summed E-state index contributed by atoms with van der Waals surface area (Å²) in [4.78, 5) is 13.3. The molecule has 3 aromatic rings. The molecular formula is C23H30F3N7O3S. The van der Waals surface area contributed by atoms with Crippen LogP contribution in [0.1, 0.15) is 45.6 Å². The Morgan fingerprint density at radius 2 is 1.73 bits per heavy atom. The third kappa shape index (κ3) is 5.65. The molecule has 0 amide bonds. The zero-order valence-electron chi connectivity index (χ0n) is 19.5. The first-order valence-corrected chi connectivity index (χ1v) is 13.5. The maximum Gasteiger partial charge on any atom is 0.224 e. The van der Waals surface area contributed by atoms with E-state index in [4.69, 9.17) is 0 Å².